The minimum atomic E-state index is -0.992. The maximum absolute atomic E-state index is 14.1. The molecule has 24 heteroatoms. The van der Waals surface area contributed by atoms with Gasteiger partial charge in [-0.05, 0) is 37.2 Å². The van der Waals surface area contributed by atoms with Crippen LogP contribution in [0.5, 0.6) is 0 Å². The van der Waals surface area contributed by atoms with Gasteiger partial charge in [-0.3, -0.25) is 38.5 Å². The van der Waals surface area contributed by atoms with Crippen LogP contribution in [0, 0.1) is 5.92 Å². The second-order valence-corrected chi connectivity index (χ2v) is 16.9. The Morgan fingerprint density at radius 2 is 1.41 bits per heavy atom. The molecule has 380 valence electrons. The molecule has 9 N–H and O–H groups in total. The number of carbonyl (C=O) groups excluding carboxylic acids is 8. The maximum atomic E-state index is 14.1. The molecule has 0 fully saturated rings. The maximum Gasteiger partial charge on any atom is 0.312 e. The Bertz CT molecular complexity index is 2160. The molecule has 0 radical (unpaired) electrons. The molecule has 4 rings (SSSR count). The van der Waals surface area contributed by atoms with E-state index in [-0.39, 0.29) is 114 Å². The number of imidazole rings is 1. The molecule has 2 aliphatic heterocycles. The van der Waals surface area contributed by atoms with Crippen molar-refractivity contribution in [2.45, 2.75) is 90.6 Å². The van der Waals surface area contributed by atoms with Crippen LogP contribution < -0.4 is 38.1 Å². The van der Waals surface area contributed by atoms with E-state index >= 15 is 0 Å². The molecule has 0 bridgehead atoms. The molecule has 0 saturated carbocycles. The number of aryl methyl sites for hydroxylation is 2. The van der Waals surface area contributed by atoms with Crippen molar-refractivity contribution >= 4 is 69.8 Å². The van der Waals surface area contributed by atoms with Crippen molar-refractivity contribution in [3.05, 3.63) is 29.7 Å². The number of primary amides is 1. The fourth-order valence-corrected chi connectivity index (χ4v) is 7.42. The summed E-state index contributed by atoms with van der Waals surface area (Å²) in [5.41, 5.74) is 14.0. The lowest BCUT2D eigenvalue weighted by Crippen LogP contribution is -2.55. The van der Waals surface area contributed by atoms with Gasteiger partial charge in [-0.25, -0.2) is 9.78 Å². The molecule has 0 unspecified atom stereocenters. The Hall–Kier alpha value is -6.53. The van der Waals surface area contributed by atoms with Crippen LogP contribution in [0.1, 0.15) is 83.7 Å². The summed E-state index contributed by atoms with van der Waals surface area (Å²) >= 11 is 0. The number of aromatic nitrogens is 4. The molecule has 24 nitrogen and oxygen atoms in total. The zero-order valence-corrected chi connectivity index (χ0v) is 40.1. The Kier molecular flexibility index (Phi) is 22.9. The first-order valence-electron chi connectivity index (χ1n) is 23.5. The minimum absolute atomic E-state index is 0.00622. The van der Waals surface area contributed by atoms with Crippen LogP contribution in [0.15, 0.2) is 18.2 Å². The van der Waals surface area contributed by atoms with Gasteiger partial charge in [0.2, 0.25) is 29.5 Å². The summed E-state index contributed by atoms with van der Waals surface area (Å²) in [7, 11) is 1.91. The van der Waals surface area contributed by atoms with Crippen molar-refractivity contribution in [1.29, 1.82) is 0 Å². The van der Waals surface area contributed by atoms with Gasteiger partial charge in [0, 0.05) is 84.2 Å². The van der Waals surface area contributed by atoms with Crippen molar-refractivity contribution in [3.63, 3.8) is 0 Å². The molecule has 0 aromatic carbocycles. The molecular formula is C45H69N13O11. The van der Waals surface area contributed by atoms with Crippen LogP contribution in [0.4, 0.5) is 10.6 Å². The molecule has 9 amide bonds. The highest BCUT2D eigenvalue weighted by atomic mass is 16.5. The third-order valence-electron chi connectivity index (χ3n) is 11.2. The zero-order chi connectivity index (χ0) is 50.3. The minimum Gasteiger partial charge on any atom is -0.380 e. The number of fused-ring (bicyclic) bond motifs is 1. The number of unbranched alkanes of at least 4 members (excludes halogenated alkanes) is 1. The molecule has 0 saturated heterocycles. The van der Waals surface area contributed by atoms with Gasteiger partial charge < -0.3 is 61.7 Å². The molecule has 2 aliphatic rings. The number of nitrogens with two attached hydrogens (primary N) is 2. The summed E-state index contributed by atoms with van der Waals surface area (Å²) < 4.78 is 18.3. The normalized spacial score (nSPS) is 14.3. The van der Waals surface area contributed by atoms with Gasteiger partial charge in [-0.1, -0.05) is 33.3 Å². The van der Waals surface area contributed by atoms with Crippen molar-refractivity contribution in [2.24, 2.45) is 18.7 Å². The van der Waals surface area contributed by atoms with Crippen LogP contribution in [-0.2, 0) is 61.2 Å². The van der Waals surface area contributed by atoms with E-state index in [9.17, 15) is 38.4 Å². The second kappa shape index (κ2) is 28.7. The smallest absolute Gasteiger partial charge is 0.312 e. The predicted octanol–water partition coefficient (Wildman–Crippen LogP) is -0.645. The van der Waals surface area contributed by atoms with E-state index in [0.29, 0.717) is 44.1 Å². The number of amides is 9. The highest BCUT2D eigenvalue weighted by Gasteiger charge is 2.33. The Morgan fingerprint density at radius 1 is 0.783 bits per heavy atom. The monoisotopic (exact) mass is 968 g/mol. The Labute approximate surface area is 401 Å². The number of carbonyl (C=O) groups is 8. The number of nitrogens with one attached hydrogen (secondary N) is 5. The predicted molar refractivity (Wildman–Crippen MR) is 252 cm³/mol. The lowest BCUT2D eigenvalue weighted by Gasteiger charge is -2.28. The van der Waals surface area contributed by atoms with Crippen LogP contribution in [-0.4, -0.2) is 168 Å². The fourth-order valence-electron chi connectivity index (χ4n) is 7.42. The van der Waals surface area contributed by atoms with Gasteiger partial charge in [0.1, 0.15) is 34.6 Å². The van der Waals surface area contributed by atoms with Gasteiger partial charge in [0.05, 0.1) is 39.6 Å². The van der Waals surface area contributed by atoms with E-state index in [1.165, 1.54) is 12.2 Å². The summed E-state index contributed by atoms with van der Waals surface area (Å²) in [4.78, 5) is 107. The van der Waals surface area contributed by atoms with Gasteiger partial charge in [0.25, 0.3) is 11.8 Å². The number of hydrogen-bond donors (Lipinski definition) is 7. The quantitative estimate of drug-likeness (QED) is 0.0354. The van der Waals surface area contributed by atoms with Crippen molar-refractivity contribution in [2.75, 3.05) is 84.6 Å². The topological polar surface area (TPSA) is 327 Å². The highest BCUT2D eigenvalue weighted by Crippen LogP contribution is 2.30. The van der Waals surface area contributed by atoms with Crippen molar-refractivity contribution in [1.82, 2.24) is 56.1 Å². The van der Waals surface area contributed by atoms with E-state index in [4.69, 9.17) is 30.7 Å². The number of nitrogen functional groups attached to an aromatic ring is 1. The van der Waals surface area contributed by atoms with E-state index in [1.807, 2.05) is 17.7 Å². The number of ether oxygens (including phenoxy) is 3. The number of urea groups is 1. The molecule has 2 aromatic rings. The summed E-state index contributed by atoms with van der Waals surface area (Å²) in [5.74, 6) is -2.03. The fraction of sp³-hybridized carbons (Fsp3) is 0.622. The molecule has 2 atom stereocenters. The third-order valence-corrected chi connectivity index (χ3v) is 11.2. The first kappa shape index (κ1) is 55.1. The van der Waals surface area contributed by atoms with E-state index in [2.05, 4.69) is 43.7 Å². The molecule has 0 spiro atoms. The summed E-state index contributed by atoms with van der Waals surface area (Å²) in [6, 6.07) is -2.68. The lowest BCUT2D eigenvalue weighted by molar-refractivity contribution is -0.137. The Balaban J connectivity index is 1.12. The largest absolute Gasteiger partial charge is 0.380 e. The molecule has 2 aromatic heterocycles. The van der Waals surface area contributed by atoms with Crippen LogP contribution in [0.2, 0.25) is 0 Å². The molecule has 0 aliphatic carbocycles. The van der Waals surface area contributed by atoms with Crippen LogP contribution >= 0.6 is 0 Å². The highest BCUT2D eigenvalue weighted by molar-refractivity contribution is 6.13. The molecular weight excluding hydrogens is 899 g/mol. The van der Waals surface area contributed by atoms with Crippen LogP contribution in [0.3, 0.4) is 0 Å². The van der Waals surface area contributed by atoms with Gasteiger partial charge in [-0.15, -0.1) is 10.2 Å². The van der Waals surface area contributed by atoms with Gasteiger partial charge in [0.15, 0.2) is 5.82 Å². The van der Waals surface area contributed by atoms with E-state index in [0.717, 1.165) is 41.1 Å². The summed E-state index contributed by atoms with van der Waals surface area (Å²) in [6.45, 7) is 8.54. The zero-order valence-electron chi connectivity index (χ0n) is 40.1. The average Bonchev–Trinajstić information content (AvgIpc) is 4.03. The van der Waals surface area contributed by atoms with E-state index in [1.54, 1.807) is 18.7 Å². The Morgan fingerprint density at radius 3 is 2.03 bits per heavy atom. The number of nitrogens with zero attached hydrogens (tertiary/aromatic N) is 6. The third kappa shape index (κ3) is 17.8. The number of rotatable bonds is 32. The number of imide groups is 1. The second-order valence-electron chi connectivity index (χ2n) is 16.9. The standard InChI is InChI=1S/C45H69N13O11/c1-5-6-10-32-52-40-41(56(32)4)39(54-55-42(40)46)30-15-20-57(28-30)44(65)31(9-8-17-50-45(47)66)51-43(64)38(29(2)3)53-35(61)12-7-11-33(59)48-18-22-67-24-26-69-27-25-68-23-19-49-34(60)16-21-58-36(62)13-14-37(58)63/h13-15,29,31,38H,5-12,16-28H2,1-4H3,(H2,46,55)(H,48,59)(H,49,60)(H,51,64)(H,53,61)(H3,47,50,66)/t31-,38-/m0/s1. The molecule has 69 heavy (non-hydrogen) atoms. The first-order chi connectivity index (χ1) is 33.1. The number of hydrogen-bond acceptors (Lipinski definition) is 15. The van der Waals surface area contributed by atoms with Crippen molar-refractivity contribution < 1.29 is 52.6 Å². The van der Waals surface area contributed by atoms with Crippen LogP contribution in [0.25, 0.3) is 16.6 Å². The number of anilines is 1. The summed E-state index contributed by atoms with van der Waals surface area (Å²) in [6.07, 6.45) is 7.74. The molecule has 4 heterocycles. The first-order valence-corrected chi connectivity index (χ1v) is 23.5. The van der Waals surface area contributed by atoms with Crippen molar-refractivity contribution in [3.8, 4) is 0 Å². The lowest BCUT2D eigenvalue weighted by atomic mass is 10.0. The SMILES string of the molecule is CCCCc1nc2c(N)nnc(C3=CCN(C(=O)[C@H](CCCNC(N)=O)NC(=O)[C@@H](NC(=O)CCCC(=O)NCCOCCOCCOCCNC(=O)CCN4C(=O)C=CC4=O)C(C)C)C3)c2n1C. The van der Waals surface area contributed by atoms with E-state index < -0.39 is 41.7 Å². The van der Waals surface area contributed by atoms with Gasteiger partial charge in [-0.2, -0.15) is 0 Å². The summed E-state index contributed by atoms with van der Waals surface area (Å²) in [5, 5.41) is 22.1. The average molecular weight is 968 g/mol. The van der Waals surface area contributed by atoms with Gasteiger partial charge >= 0.3 is 6.03 Å².